The molecular formula is C10H18I2O. The summed E-state index contributed by atoms with van der Waals surface area (Å²) in [4.78, 5) is 0. The minimum atomic E-state index is 0.322. The van der Waals surface area contributed by atoms with E-state index in [1.54, 1.807) is 24.3 Å². The van der Waals surface area contributed by atoms with Crippen LogP contribution in [0.1, 0.15) is 27.7 Å². The van der Waals surface area contributed by atoms with E-state index in [0.717, 1.165) is 0 Å². The molecule has 0 fully saturated rings. The fraction of sp³-hybridized carbons (Fsp3) is 0.400. The Labute approximate surface area is 105 Å². The fourth-order valence-corrected chi connectivity index (χ4v) is 0.428. The van der Waals surface area contributed by atoms with Crippen LogP contribution in [0.2, 0.25) is 0 Å². The van der Waals surface area contributed by atoms with Crippen molar-refractivity contribution in [2.75, 3.05) is 0 Å². The van der Waals surface area contributed by atoms with Gasteiger partial charge >= 0.3 is 0 Å². The maximum atomic E-state index is 8.63. The van der Waals surface area contributed by atoms with E-state index in [2.05, 4.69) is 37.2 Å². The Bertz CT molecular complexity index is 143. The molecule has 0 saturated carbocycles. The zero-order valence-electron chi connectivity index (χ0n) is 8.59. The van der Waals surface area contributed by atoms with Gasteiger partial charge in [0.05, 0.1) is 0 Å². The molecule has 1 N–H and O–H groups in total. The number of phenols is 1. The van der Waals surface area contributed by atoms with E-state index in [9.17, 15) is 0 Å². The van der Waals surface area contributed by atoms with Crippen molar-refractivity contribution < 1.29 is 5.11 Å². The zero-order valence-corrected chi connectivity index (χ0v) is 12.9. The molecule has 0 aromatic heterocycles. The van der Waals surface area contributed by atoms with Gasteiger partial charge in [-0.15, -0.1) is 0 Å². The SMILES string of the molecule is CC.CC.II.Oc1ccccc1. The number of rotatable bonds is 0. The van der Waals surface area contributed by atoms with Crippen LogP contribution in [0.3, 0.4) is 0 Å². The summed E-state index contributed by atoms with van der Waals surface area (Å²) in [6.07, 6.45) is 0. The summed E-state index contributed by atoms with van der Waals surface area (Å²) in [5, 5.41) is 8.63. The lowest BCUT2D eigenvalue weighted by Crippen LogP contribution is -1.56. The van der Waals surface area contributed by atoms with Crippen molar-refractivity contribution in [1.29, 1.82) is 0 Å². The molecule has 1 aromatic carbocycles. The average molecular weight is 408 g/mol. The maximum Gasteiger partial charge on any atom is 0.115 e. The Morgan fingerprint density at radius 1 is 0.846 bits per heavy atom. The number of aromatic hydroxyl groups is 1. The molecule has 1 nitrogen and oxygen atoms in total. The van der Waals surface area contributed by atoms with E-state index in [-0.39, 0.29) is 0 Å². The Kier molecular flexibility index (Phi) is 33.6. The molecule has 13 heavy (non-hydrogen) atoms. The van der Waals surface area contributed by atoms with Gasteiger partial charge in [0.2, 0.25) is 0 Å². The number of phenolic OH excluding ortho intramolecular Hbond substituents is 1. The first-order chi connectivity index (χ1) is 6.39. The van der Waals surface area contributed by atoms with Crippen LogP contribution in [0, 0.1) is 0 Å². The lowest BCUT2D eigenvalue weighted by Gasteiger charge is -1.82. The fourth-order valence-electron chi connectivity index (χ4n) is 0.428. The van der Waals surface area contributed by atoms with Gasteiger partial charge in [0.15, 0.2) is 0 Å². The molecule has 0 heterocycles. The number of hydrogen-bond donors (Lipinski definition) is 1. The van der Waals surface area contributed by atoms with Gasteiger partial charge in [-0.2, -0.15) is 0 Å². The second kappa shape index (κ2) is 22.9. The third-order valence-corrected chi connectivity index (χ3v) is 0.756. The lowest BCUT2D eigenvalue weighted by molar-refractivity contribution is 0.475. The lowest BCUT2D eigenvalue weighted by atomic mass is 10.3. The number of para-hydroxylation sites is 1. The quantitative estimate of drug-likeness (QED) is 0.585. The molecule has 0 unspecified atom stereocenters. The Hall–Kier alpha value is 0.480. The van der Waals surface area contributed by atoms with Crippen molar-refractivity contribution in [2.45, 2.75) is 27.7 Å². The van der Waals surface area contributed by atoms with Crippen LogP contribution in [0.5, 0.6) is 5.75 Å². The molecule has 78 valence electrons. The summed E-state index contributed by atoms with van der Waals surface area (Å²) in [6, 6.07) is 8.71. The third kappa shape index (κ3) is 19.1. The number of halogens is 2. The summed E-state index contributed by atoms with van der Waals surface area (Å²) < 4.78 is 0. The Morgan fingerprint density at radius 3 is 1.31 bits per heavy atom. The second-order valence-electron chi connectivity index (χ2n) is 1.34. The number of benzene rings is 1. The predicted octanol–water partition coefficient (Wildman–Crippen LogP) is 5.22. The van der Waals surface area contributed by atoms with E-state index >= 15 is 0 Å². The van der Waals surface area contributed by atoms with Crippen LogP contribution in [0.15, 0.2) is 30.3 Å². The van der Waals surface area contributed by atoms with Crippen molar-refractivity contribution in [1.82, 2.24) is 0 Å². The predicted molar refractivity (Wildman–Crippen MR) is 78.8 cm³/mol. The minimum Gasteiger partial charge on any atom is -0.508 e. The molecule has 1 rings (SSSR count). The minimum absolute atomic E-state index is 0.322. The summed E-state index contributed by atoms with van der Waals surface area (Å²) in [5.74, 6) is 0.322. The van der Waals surface area contributed by atoms with Crippen LogP contribution >= 0.6 is 37.2 Å². The summed E-state index contributed by atoms with van der Waals surface area (Å²) >= 11 is 4.24. The van der Waals surface area contributed by atoms with Crippen molar-refractivity contribution in [3.05, 3.63) is 30.3 Å². The monoisotopic (exact) mass is 408 g/mol. The third-order valence-electron chi connectivity index (χ3n) is 0.756. The van der Waals surface area contributed by atoms with Crippen molar-refractivity contribution in [3.63, 3.8) is 0 Å². The van der Waals surface area contributed by atoms with Gasteiger partial charge in [-0.05, 0) is 12.1 Å². The zero-order chi connectivity index (χ0) is 11.1. The van der Waals surface area contributed by atoms with Gasteiger partial charge in [-0.3, -0.25) is 0 Å². The highest BCUT2D eigenvalue weighted by Gasteiger charge is 1.74. The van der Waals surface area contributed by atoms with Gasteiger partial charge in [0.25, 0.3) is 0 Å². The van der Waals surface area contributed by atoms with Gasteiger partial charge in [0.1, 0.15) is 5.75 Å². The average Bonchev–Trinajstić information content (AvgIpc) is 2.28. The summed E-state index contributed by atoms with van der Waals surface area (Å²) in [7, 11) is 0. The highest BCUT2D eigenvalue weighted by molar-refractivity contribution is 15.0. The summed E-state index contributed by atoms with van der Waals surface area (Å²) in [6.45, 7) is 8.00. The number of hydrogen-bond acceptors (Lipinski definition) is 1. The molecule has 0 radical (unpaired) electrons. The van der Waals surface area contributed by atoms with E-state index in [4.69, 9.17) is 5.11 Å². The summed E-state index contributed by atoms with van der Waals surface area (Å²) in [5.41, 5.74) is 0. The highest BCUT2D eigenvalue weighted by atomic mass is 128. The largest absolute Gasteiger partial charge is 0.508 e. The second-order valence-corrected chi connectivity index (χ2v) is 1.34. The molecular weight excluding hydrogens is 390 g/mol. The van der Waals surface area contributed by atoms with Gasteiger partial charge in [0, 0.05) is 37.2 Å². The molecule has 0 saturated heterocycles. The van der Waals surface area contributed by atoms with E-state index in [1.807, 2.05) is 33.8 Å². The van der Waals surface area contributed by atoms with Crippen LogP contribution in [0.25, 0.3) is 0 Å². The van der Waals surface area contributed by atoms with Gasteiger partial charge in [-0.1, -0.05) is 45.9 Å². The first-order valence-electron chi connectivity index (χ1n) is 4.28. The van der Waals surface area contributed by atoms with E-state index < -0.39 is 0 Å². The molecule has 0 bridgehead atoms. The first kappa shape index (κ1) is 19.1. The normalized spacial score (nSPS) is 6.00. The van der Waals surface area contributed by atoms with E-state index in [1.165, 1.54) is 0 Å². The standard InChI is InChI=1S/C6H6O.2C2H6.I2/c7-6-4-2-1-3-5-6;3*1-2/h1-5,7H;2*1-2H3;. The first-order valence-corrected chi connectivity index (χ1v) is 10.6. The Balaban J connectivity index is -0.000000144. The smallest absolute Gasteiger partial charge is 0.115 e. The van der Waals surface area contributed by atoms with E-state index in [0.29, 0.717) is 5.75 Å². The van der Waals surface area contributed by atoms with Crippen LogP contribution < -0.4 is 0 Å². The topological polar surface area (TPSA) is 20.2 Å². The van der Waals surface area contributed by atoms with Crippen LogP contribution in [-0.2, 0) is 0 Å². The van der Waals surface area contributed by atoms with Crippen molar-refractivity contribution >= 4 is 37.2 Å². The molecule has 1 aromatic rings. The molecule has 0 atom stereocenters. The highest BCUT2D eigenvalue weighted by Crippen LogP contribution is 2.02. The van der Waals surface area contributed by atoms with Gasteiger partial charge in [-0.25, -0.2) is 0 Å². The van der Waals surface area contributed by atoms with Crippen molar-refractivity contribution in [3.8, 4) is 5.75 Å². The molecule has 0 spiro atoms. The molecule has 0 aliphatic carbocycles. The molecule has 0 aliphatic rings. The molecule has 0 aliphatic heterocycles. The van der Waals surface area contributed by atoms with Crippen molar-refractivity contribution in [2.24, 2.45) is 0 Å². The van der Waals surface area contributed by atoms with Gasteiger partial charge < -0.3 is 5.11 Å². The van der Waals surface area contributed by atoms with Crippen LogP contribution in [0.4, 0.5) is 0 Å². The molecule has 3 heteroatoms. The maximum absolute atomic E-state index is 8.63. The van der Waals surface area contributed by atoms with Crippen LogP contribution in [-0.4, -0.2) is 5.11 Å². The Morgan fingerprint density at radius 2 is 1.15 bits per heavy atom. The molecule has 0 amide bonds.